The second kappa shape index (κ2) is 5.76. The van der Waals surface area contributed by atoms with Crippen LogP contribution in [0.25, 0.3) is 0 Å². The first kappa shape index (κ1) is 14.9. The zero-order valence-electron chi connectivity index (χ0n) is 14.3. The van der Waals surface area contributed by atoms with Crippen molar-refractivity contribution in [1.82, 2.24) is 9.88 Å². The number of hydrogen-bond acceptors (Lipinski definition) is 2. The normalized spacial score (nSPS) is 25.5. The highest BCUT2D eigenvalue weighted by molar-refractivity contribution is 5.47. The highest BCUT2D eigenvalue weighted by Gasteiger charge is 2.43. The molecule has 0 amide bonds. The van der Waals surface area contributed by atoms with Gasteiger partial charge in [0.2, 0.25) is 0 Å². The Morgan fingerprint density at radius 2 is 1.70 bits per heavy atom. The Kier molecular flexibility index (Phi) is 3.73. The molecule has 2 aliphatic rings. The Morgan fingerprint density at radius 1 is 1.00 bits per heavy atom. The van der Waals surface area contributed by atoms with Crippen molar-refractivity contribution in [3.8, 4) is 0 Å². The van der Waals surface area contributed by atoms with Gasteiger partial charge in [-0.1, -0.05) is 30.3 Å². The maximum Gasteiger partial charge on any atom is 0.0541 e. The third-order valence-corrected chi connectivity index (χ3v) is 6.16. The van der Waals surface area contributed by atoms with Gasteiger partial charge < -0.3 is 4.90 Å². The predicted molar refractivity (Wildman–Crippen MR) is 94.8 cm³/mol. The van der Waals surface area contributed by atoms with Crippen LogP contribution in [-0.2, 0) is 18.3 Å². The highest BCUT2D eigenvalue weighted by Crippen LogP contribution is 2.46. The Labute approximate surface area is 139 Å². The van der Waals surface area contributed by atoms with Crippen LogP contribution in [0.3, 0.4) is 0 Å². The van der Waals surface area contributed by atoms with E-state index in [9.17, 15) is 0 Å². The van der Waals surface area contributed by atoms with Crippen LogP contribution in [0.1, 0.15) is 42.1 Å². The van der Waals surface area contributed by atoms with Crippen molar-refractivity contribution in [3.05, 3.63) is 65.0 Å². The van der Waals surface area contributed by atoms with E-state index in [1.807, 2.05) is 6.20 Å². The summed E-state index contributed by atoms with van der Waals surface area (Å²) >= 11 is 0. The SMILES string of the molecule is CN1CCC(C2(C)c3ccccc3CCc3cccnc32)CC1. The fourth-order valence-electron chi connectivity index (χ4n) is 4.75. The molecule has 1 unspecified atom stereocenters. The minimum atomic E-state index is 0.0466. The molecule has 1 aromatic heterocycles. The lowest BCUT2D eigenvalue weighted by Crippen LogP contribution is -2.42. The number of fused-ring (bicyclic) bond motifs is 2. The number of aryl methyl sites for hydroxylation is 2. The summed E-state index contributed by atoms with van der Waals surface area (Å²) in [4.78, 5) is 7.37. The van der Waals surface area contributed by atoms with Crippen molar-refractivity contribution in [1.29, 1.82) is 0 Å². The van der Waals surface area contributed by atoms with E-state index in [0.29, 0.717) is 5.92 Å². The Hall–Kier alpha value is -1.67. The van der Waals surface area contributed by atoms with Gasteiger partial charge in [-0.25, -0.2) is 0 Å². The van der Waals surface area contributed by atoms with Crippen LogP contribution in [0.2, 0.25) is 0 Å². The molecule has 1 aliphatic carbocycles. The van der Waals surface area contributed by atoms with E-state index in [0.717, 1.165) is 12.8 Å². The summed E-state index contributed by atoms with van der Waals surface area (Å²) in [7, 11) is 2.24. The van der Waals surface area contributed by atoms with Gasteiger partial charge in [-0.15, -0.1) is 0 Å². The molecule has 2 nitrogen and oxygen atoms in total. The Balaban J connectivity index is 1.89. The first-order valence-electron chi connectivity index (χ1n) is 8.91. The third kappa shape index (κ3) is 2.40. The number of hydrogen-bond donors (Lipinski definition) is 0. The van der Waals surface area contributed by atoms with E-state index in [-0.39, 0.29) is 5.41 Å². The van der Waals surface area contributed by atoms with Crippen LogP contribution >= 0.6 is 0 Å². The van der Waals surface area contributed by atoms with Gasteiger partial charge in [0.25, 0.3) is 0 Å². The molecule has 23 heavy (non-hydrogen) atoms. The lowest BCUT2D eigenvalue weighted by atomic mass is 9.64. The summed E-state index contributed by atoms with van der Waals surface area (Å²) in [6, 6.07) is 13.5. The maximum absolute atomic E-state index is 4.91. The molecule has 1 aliphatic heterocycles. The number of aromatic nitrogens is 1. The molecule has 0 spiro atoms. The van der Waals surface area contributed by atoms with Gasteiger partial charge in [0.15, 0.2) is 0 Å². The van der Waals surface area contributed by atoms with Crippen molar-refractivity contribution >= 4 is 0 Å². The topological polar surface area (TPSA) is 16.1 Å². The van der Waals surface area contributed by atoms with Crippen LogP contribution in [-0.4, -0.2) is 30.0 Å². The number of pyridine rings is 1. The molecule has 0 radical (unpaired) electrons. The number of likely N-dealkylation sites (tertiary alicyclic amines) is 1. The molecule has 1 aromatic carbocycles. The third-order valence-electron chi connectivity index (χ3n) is 6.16. The molecule has 2 aromatic rings. The van der Waals surface area contributed by atoms with Crippen LogP contribution in [0.15, 0.2) is 42.6 Å². The van der Waals surface area contributed by atoms with E-state index < -0.39 is 0 Å². The molecule has 0 N–H and O–H groups in total. The Bertz CT molecular complexity index is 651. The predicted octanol–water partition coefficient (Wildman–Crippen LogP) is 3.83. The lowest BCUT2D eigenvalue weighted by molar-refractivity contribution is 0.170. The molecule has 0 saturated carbocycles. The second-order valence-electron chi connectivity index (χ2n) is 7.45. The van der Waals surface area contributed by atoms with Crippen molar-refractivity contribution in [2.24, 2.45) is 5.92 Å². The summed E-state index contributed by atoms with van der Waals surface area (Å²) in [5, 5.41) is 0. The summed E-state index contributed by atoms with van der Waals surface area (Å²) in [6.45, 7) is 4.86. The standard InChI is InChI=1S/C21H26N2/c1-21(18-11-14-23(2)15-12-18)19-8-4-3-6-16(19)9-10-17-7-5-13-22-20(17)21/h3-8,13,18H,9-12,14-15H2,1-2H3. The largest absolute Gasteiger partial charge is 0.306 e. The summed E-state index contributed by atoms with van der Waals surface area (Å²) in [5.41, 5.74) is 5.87. The first-order chi connectivity index (χ1) is 11.2. The van der Waals surface area contributed by atoms with Gasteiger partial charge in [-0.3, -0.25) is 4.98 Å². The molecule has 2 heteroatoms. The molecular weight excluding hydrogens is 280 g/mol. The first-order valence-corrected chi connectivity index (χ1v) is 8.91. The van der Waals surface area contributed by atoms with Crippen molar-refractivity contribution in [3.63, 3.8) is 0 Å². The molecular formula is C21H26N2. The number of benzene rings is 1. The average Bonchev–Trinajstić information content (AvgIpc) is 2.72. The molecule has 2 heterocycles. The van der Waals surface area contributed by atoms with Crippen LogP contribution in [0.5, 0.6) is 0 Å². The van der Waals surface area contributed by atoms with Crippen molar-refractivity contribution in [2.45, 2.75) is 38.0 Å². The van der Waals surface area contributed by atoms with Crippen molar-refractivity contribution in [2.75, 3.05) is 20.1 Å². The van der Waals surface area contributed by atoms with Gasteiger partial charge in [0.1, 0.15) is 0 Å². The molecule has 1 atom stereocenters. The smallest absolute Gasteiger partial charge is 0.0541 e. The van der Waals surface area contributed by atoms with E-state index in [1.54, 1.807) is 0 Å². The van der Waals surface area contributed by atoms with Gasteiger partial charge in [0.05, 0.1) is 5.69 Å². The van der Waals surface area contributed by atoms with Crippen LogP contribution in [0.4, 0.5) is 0 Å². The van der Waals surface area contributed by atoms with Crippen molar-refractivity contribution < 1.29 is 0 Å². The zero-order valence-corrected chi connectivity index (χ0v) is 14.3. The average molecular weight is 306 g/mol. The molecule has 120 valence electrons. The van der Waals surface area contributed by atoms with E-state index in [4.69, 9.17) is 4.98 Å². The zero-order chi connectivity index (χ0) is 15.9. The second-order valence-corrected chi connectivity index (χ2v) is 7.45. The molecule has 0 bridgehead atoms. The molecule has 1 saturated heterocycles. The fourth-order valence-corrected chi connectivity index (χ4v) is 4.75. The van der Waals surface area contributed by atoms with Gasteiger partial charge in [0, 0.05) is 11.6 Å². The van der Waals surface area contributed by atoms with Gasteiger partial charge >= 0.3 is 0 Å². The Morgan fingerprint density at radius 3 is 2.52 bits per heavy atom. The van der Waals surface area contributed by atoms with Crippen LogP contribution < -0.4 is 0 Å². The summed E-state index contributed by atoms with van der Waals surface area (Å²) in [6.07, 6.45) is 6.76. The number of nitrogens with zero attached hydrogens (tertiary/aromatic N) is 2. The quantitative estimate of drug-likeness (QED) is 0.796. The van der Waals surface area contributed by atoms with Crippen LogP contribution in [0, 0.1) is 5.92 Å². The monoisotopic (exact) mass is 306 g/mol. The summed E-state index contributed by atoms with van der Waals surface area (Å²) in [5.74, 6) is 0.673. The highest BCUT2D eigenvalue weighted by atomic mass is 15.1. The molecule has 4 rings (SSSR count). The van der Waals surface area contributed by atoms with E-state index >= 15 is 0 Å². The molecule has 1 fully saturated rings. The maximum atomic E-state index is 4.91. The van der Waals surface area contributed by atoms with Gasteiger partial charge in [-0.2, -0.15) is 0 Å². The van der Waals surface area contributed by atoms with E-state index in [1.165, 1.54) is 48.3 Å². The minimum absolute atomic E-state index is 0.0466. The minimum Gasteiger partial charge on any atom is -0.306 e. The summed E-state index contributed by atoms with van der Waals surface area (Å²) < 4.78 is 0. The fraction of sp³-hybridized carbons (Fsp3) is 0.476. The number of rotatable bonds is 1. The van der Waals surface area contributed by atoms with E-state index in [2.05, 4.69) is 55.3 Å². The van der Waals surface area contributed by atoms with Gasteiger partial charge in [-0.05, 0) is 81.4 Å². The number of piperidine rings is 1. The lowest BCUT2D eigenvalue weighted by Gasteiger charge is -2.43.